The number of methoxy groups -OCH3 is 1. The lowest BCUT2D eigenvalue weighted by atomic mass is 10.1. The Kier molecular flexibility index (Phi) is 5.57. The fraction of sp³-hybridized carbons (Fsp3) is 0.333. The summed E-state index contributed by atoms with van der Waals surface area (Å²) in [6.07, 6.45) is 0.947. The molecule has 2 N–H and O–H groups in total. The van der Waals surface area contributed by atoms with E-state index in [2.05, 4.69) is 10.3 Å². The standard InChI is InChI=1S/C18H22N2O3/c1-12-10-13(2)20-18(22)15(12)11-19-17(21)9-8-14-6-4-5-7-16(14)23-3/h4-7,10H,8-9,11H2,1-3H3,(H,19,21)(H,20,22). The van der Waals surface area contributed by atoms with E-state index in [0.717, 1.165) is 22.6 Å². The second-order valence-electron chi connectivity index (χ2n) is 5.53. The molecule has 5 nitrogen and oxygen atoms in total. The van der Waals surface area contributed by atoms with Crippen molar-refractivity contribution in [3.63, 3.8) is 0 Å². The number of aromatic nitrogens is 1. The van der Waals surface area contributed by atoms with Crippen LogP contribution >= 0.6 is 0 Å². The number of ether oxygens (including phenoxy) is 1. The van der Waals surface area contributed by atoms with Crippen molar-refractivity contribution in [1.29, 1.82) is 0 Å². The lowest BCUT2D eigenvalue weighted by Crippen LogP contribution is -2.28. The highest BCUT2D eigenvalue weighted by molar-refractivity contribution is 5.76. The molecule has 0 radical (unpaired) electrons. The van der Waals surface area contributed by atoms with Crippen LogP contribution in [0.1, 0.15) is 28.8 Å². The van der Waals surface area contributed by atoms with E-state index in [1.807, 2.05) is 44.2 Å². The van der Waals surface area contributed by atoms with Gasteiger partial charge in [-0.3, -0.25) is 9.59 Å². The van der Waals surface area contributed by atoms with Crippen LogP contribution in [0.3, 0.4) is 0 Å². The maximum atomic E-state index is 12.0. The summed E-state index contributed by atoms with van der Waals surface area (Å²) >= 11 is 0. The molecule has 0 saturated heterocycles. The van der Waals surface area contributed by atoms with Crippen LogP contribution < -0.4 is 15.6 Å². The van der Waals surface area contributed by atoms with Crippen LogP contribution in [0.25, 0.3) is 0 Å². The molecule has 0 atom stereocenters. The van der Waals surface area contributed by atoms with E-state index in [-0.39, 0.29) is 18.0 Å². The van der Waals surface area contributed by atoms with Crippen molar-refractivity contribution < 1.29 is 9.53 Å². The number of H-pyrrole nitrogens is 1. The summed E-state index contributed by atoms with van der Waals surface area (Å²) in [6, 6.07) is 9.54. The molecular formula is C18H22N2O3. The van der Waals surface area contributed by atoms with Crippen LogP contribution in [-0.4, -0.2) is 18.0 Å². The van der Waals surface area contributed by atoms with Crippen molar-refractivity contribution in [3.8, 4) is 5.75 Å². The minimum Gasteiger partial charge on any atom is -0.496 e. The number of amides is 1. The fourth-order valence-corrected chi connectivity index (χ4v) is 2.53. The summed E-state index contributed by atoms with van der Waals surface area (Å²) in [7, 11) is 1.62. The molecule has 0 spiro atoms. The smallest absolute Gasteiger partial charge is 0.253 e. The molecule has 1 aromatic heterocycles. The van der Waals surface area contributed by atoms with Crippen molar-refractivity contribution in [1.82, 2.24) is 10.3 Å². The van der Waals surface area contributed by atoms with Crippen molar-refractivity contribution in [2.45, 2.75) is 33.2 Å². The van der Waals surface area contributed by atoms with Gasteiger partial charge in [-0.2, -0.15) is 0 Å². The average Bonchev–Trinajstić information content (AvgIpc) is 2.52. The van der Waals surface area contributed by atoms with Crippen molar-refractivity contribution in [2.75, 3.05) is 7.11 Å². The van der Waals surface area contributed by atoms with Gasteiger partial charge in [0, 0.05) is 24.2 Å². The number of carbonyl (C=O) groups excluding carboxylic acids is 1. The molecule has 1 amide bonds. The predicted molar refractivity (Wildman–Crippen MR) is 89.7 cm³/mol. The zero-order valence-electron chi connectivity index (χ0n) is 13.7. The quantitative estimate of drug-likeness (QED) is 0.859. The lowest BCUT2D eigenvalue weighted by Gasteiger charge is -2.10. The van der Waals surface area contributed by atoms with Crippen LogP contribution in [0, 0.1) is 13.8 Å². The first kappa shape index (κ1) is 16.8. The molecule has 0 saturated carbocycles. The molecular weight excluding hydrogens is 292 g/mol. The normalized spacial score (nSPS) is 10.4. The maximum absolute atomic E-state index is 12.0. The second-order valence-corrected chi connectivity index (χ2v) is 5.53. The van der Waals surface area contributed by atoms with E-state index >= 15 is 0 Å². The highest BCUT2D eigenvalue weighted by Crippen LogP contribution is 2.18. The number of aryl methyl sites for hydroxylation is 3. The summed E-state index contributed by atoms with van der Waals surface area (Å²) < 4.78 is 5.27. The average molecular weight is 314 g/mol. The third-order valence-electron chi connectivity index (χ3n) is 3.77. The highest BCUT2D eigenvalue weighted by Gasteiger charge is 2.09. The van der Waals surface area contributed by atoms with E-state index < -0.39 is 0 Å². The van der Waals surface area contributed by atoms with Crippen molar-refractivity contribution in [3.05, 3.63) is 63.1 Å². The summed E-state index contributed by atoms with van der Waals surface area (Å²) in [6.45, 7) is 3.95. The molecule has 0 bridgehead atoms. The van der Waals surface area contributed by atoms with Crippen molar-refractivity contribution in [2.24, 2.45) is 0 Å². The highest BCUT2D eigenvalue weighted by atomic mass is 16.5. The Labute approximate surface area is 135 Å². The molecule has 23 heavy (non-hydrogen) atoms. The first-order valence-electron chi connectivity index (χ1n) is 7.59. The van der Waals surface area contributed by atoms with Gasteiger partial charge in [0.25, 0.3) is 5.56 Å². The van der Waals surface area contributed by atoms with Gasteiger partial charge >= 0.3 is 0 Å². The molecule has 0 aliphatic heterocycles. The van der Waals surface area contributed by atoms with Crippen LogP contribution in [0.5, 0.6) is 5.75 Å². The minimum absolute atomic E-state index is 0.0877. The number of para-hydroxylation sites is 1. The molecule has 5 heteroatoms. The first-order valence-corrected chi connectivity index (χ1v) is 7.59. The Bertz CT molecular complexity index is 750. The molecule has 0 fully saturated rings. The Morgan fingerprint density at radius 3 is 2.70 bits per heavy atom. The van der Waals surface area contributed by atoms with Crippen LogP contribution in [-0.2, 0) is 17.8 Å². The van der Waals surface area contributed by atoms with E-state index in [1.54, 1.807) is 7.11 Å². The molecule has 2 rings (SSSR count). The number of aromatic amines is 1. The van der Waals surface area contributed by atoms with Gasteiger partial charge in [0.15, 0.2) is 0 Å². The zero-order chi connectivity index (χ0) is 16.8. The molecule has 2 aromatic rings. The SMILES string of the molecule is COc1ccccc1CCC(=O)NCc1c(C)cc(C)[nH]c1=O. The van der Waals surface area contributed by atoms with Crippen LogP contribution in [0.4, 0.5) is 0 Å². The van der Waals surface area contributed by atoms with Crippen molar-refractivity contribution >= 4 is 5.91 Å². The topological polar surface area (TPSA) is 71.2 Å². The summed E-state index contributed by atoms with van der Waals surface area (Å²) in [5.74, 6) is 0.696. The molecule has 0 aliphatic rings. The lowest BCUT2D eigenvalue weighted by molar-refractivity contribution is -0.121. The molecule has 122 valence electrons. The van der Waals surface area contributed by atoms with Gasteiger partial charge in [0.1, 0.15) is 5.75 Å². The van der Waals surface area contributed by atoms with E-state index in [1.165, 1.54) is 0 Å². The Hall–Kier alpha value is -2.56. The van der Waals surface area contributed by atoms with E-state index in [4.69, 9.17) is 4.74 Å². The van der Waals surface area contributed by atoms with Crippen LogP contribution in [0.2, 0.25) is 0 Å². The van der Waals surface area contributed by atoms with Crippen LogP contribution in [0.15, 0.2) is 35.1 Å². The fourth-order valence-electron chi connectivity index (χ4n) is 2.53. The number of nitrogens with one attached hydrogen (secondary N) is 2. The van der Waals surface area contributed by atoms with E-state index in [0.29, 0.717) is 18.4 Å². The number of carbonyl (C=O) groups is 1. The number of benzene rings is 1. The first-order chi connectivity index (χ1) is 11.0. The number of hydrogen-bond acceptors (Lipinski definition) is 3. The molecule has 1 aromatic carbocycles. The minimum atomic E-state index is -0.146. The maximum Gasteiger partial charge on any atom is 0.253 e. The van der Waals surface area contributed by atoms with Gasteiger partial charge in [-0.05, 0) is 43.5 Å². The summed E-state index contributed by atoms with van der Waals surface area (Å²) in [5, 5.41) is 2.81. The van der Waals surface area contributed by atoms with Gasteiger partial charge in [-0.25, -0.2) is 0 Å². The molecule has 0 unspecified atom stereocenters. The number of pyridine rings is 1. The third-order valence-corrected chi connectivity index (χ3v) is 3.77. The number of rotatable bonds is 6. The monoisotopic (exact) mass is 314 g/mol. The second kappa shape index (κ2) is 7.63. The van der Waals surface area contributed by atoms with Gasteiger partial charge < -0.3 is 15.0 Å². The van der Waals surface area contributed by atoms with Gasteiger partial charge in [-0.1, -0.05) is 18.2 Å². The number of hydrogen-bond donors (Lipinski definition) is 2. The van der Waals surface area contributed by atoms with Gasteiger partial charge in [0.05, 0.1) is 7.11 Å². The molecule has 1 heterocycles. The Morgan fingerprint density at radius 2 is 2.00 bits per heavy atom. The van der Waals surface area contributed by atoms with E-state index in [9.17, 15) is 9.59 Å². The Morgan fingerprint density at radius 1 is 1.26 bits per heavy atom. The summed E-state index contributed by atoms with van der Waals surface area (Å²) in [5.41, 5.74) is 3.15. The zero-order valence-corrected chi connectivity index (χ0v) is 13.7. The molecule has 0 aliphatic carbocycles. The van der Waals surface area contributed by atoms with Gasteiger partial charge in [0.2, 0.25) is 5.91 Å². The third kappa shape index (κ3) is 4.45. The summed E-state index contributed by atoms with van der Waals surface area (Å²) in [4.78, 5) is 26.7. The largest absolute Gasteiger partial charge is 0.496 e. The Balaban J connectivity index is 1.92. The van der Waals surface area contributed by atoms with Gasteiger partial charge in [-0.15, -0.1) is 0 Å². The predicted octanol–water partition coefficient (Wildman–Crippen LogP) is 2.25.